The summed E-state index contributed by atoms with van der Waals surface area (Å²) in [5.74, 6) is 1.29. The van der Waals surface area contributed by atoms with E-state index in [1.807, 2.05) is 17.2 Å². The summed E-state index contributed by atoms with van der Waals surface area (Å²) in [5, 5.41) is 17.0. The van der Waals surface area contributed by atoms with Crippen LogP contribution in [0, 0.1) is 5.41 Å². The molecule has 0 saturated carbocycles. The Labute approximate surface area is 154 Å². The van der Waals surface area contributed by atoms with E-state index >= 15 is 0 Å². The van der Waals surface area contributed by atoms with E-state index in [0.717, 1.165) is 37.3 Å². The molecule has 1 fully saturated rings. The standard InChI is InChI=1S/C19H29N5O2/c1-4-19(13-25)6-5-8-24(12-19)18(26)16-10-15(21-22-16)11-23-9-7-20-17(23)14(2)3/h7,9-10,14,25H,4-6,8,11-13H2,1-3H3,(H,21,22)/t19-/m0/s1. The third-order valence-corrected chi connectivity index (χ3v) is 5.49. The number of carbonyl (C=O) groups is 1. The van der Waals surface area contributed by atoms with Crippen LogP contribution in [0.15, 0.2) is 18.5 Å². The molecule has 2 N–H and O–H groups in total. The van der Waals surface area contributed by atoms with Gasteiger partial charge in [-0.1, -0.05) is 20.8 Å². The molecule has 0 aromatic carbocycles. The van der Waals surface area contributed by atoms with E-state index < -0.39 is 0 Å². The number of likely N-dealkylation sites (tertiary alicyclic amines) is 1. The van der Waals surface area contributed by atoms with Gasteiger partial charge in [0.1, 0.15) is 11.5 Å². The molecule has 3 rings (SSSR count). The highest BCUT2D eigenvalue weighted by Gasteiger charge is 2.36. The maximum absolute atomic E-state index is 12.9. The van der Waals surface area contributed by atoms with Crippen molar-refractivity contribution in [3.8, 4) is 0 Å². The Morgan fingerprint density at radius 3 is 2.96 bits per heavy atom. The molecule has 0 bridgehead atoms. The lowest BCUT2D eigenvalue weighted by Crippen LogP contribution is -2.47. The van der Waals surface area contributed by atoms with Crippen molar-refractivity contribution in [1.82, 2.24) is 24.6 Å². The van der Waals surface area contributed by atoms with Crippen molar-refractivity contribution in [3.05, 3.63) is 35.7 Å². The molecule has 1 amide bonds. The van der Waals surface area contributed by atoms with Gasteiger partial charge in [-0.05, 0) is 25.3 Å². The van der Waals surface area contributed by atoms with Gasteiger partial charge in [-0.3, -0.25) is 9.89 Å². The third-order valence-electron chi connectivity index (χ3n) is 5.49. The predicted octanol–water partition coefficient (Wildman–Crippen LogP) is 2.40. The van der Waals surface area contributed by atoms with Gasteiger partial charge in [0.25, 0.3) is 5.91 Å². The van der Waals surface area contributed by atoms with Gasteiger partial charge in [0.15, 0.2) is 0 Å². The number of piperidine rings is 1. The van der Waals surface area contributed by atoms with Crippen molar-refractivity contribution < 1.29 is 9.90 Å². The van der Waals surface area contributed by atoms with Gasteiger partial charge in [0, 0.05) is 36.8 Å². The van der Waals surface area contributed by atoms with Crippen LogP contribution in [0.5, 0.6) is 0 Å². The largest absolute Gasteiger partial charge is 0.396 e. The summed E-state index contributed by atoms with van der Waals surface area (Å²) >= 11 is 0. The topological polar surface area (TPSA) is 87.0 Å². The molecule has 1 aliphatic rings. The van der Waals surface area contributed by atoms with Crippen molar-refractivity contribution in [1.29, 1.82) is 0 Å². The Morgan fingerprint density at radius 2 is 2.27 bits per heavy atom. The van der Waals surface area contributed by atoms with E-state index in [1.165, 1.54) is 0 Å². The fraction of sp³-hybridized carbons (Fsp3) is 0.632. The molecule has 1 saturated heterocycles. The van der Waals surface area contributed by atoms with Crippen molar-refractivity contribution in [3.63, 3.8) is 0 Å². The second kappa shape index (κ2) is 7.61. The van der Waals surface area contributed by atoms with Crippen molar-refractivity contribution in [2.75, 3.05) is 19.7 Å². The summed E-state index contributed by atoms with van der Waals surface area (Å²) in [7, 11) is 0. The smallest absolute Gasteiger partial charge is 0.274 e. The number of rotatable bonds is 6. The second-order valence-corrected chi connectivity index (χ2v) is 7.69. The molecule has 142 valence electrons. The zero-order chi connectivity index (χ0) is 18.7. The van der Waals surface area contributed by atoms with Gasteiger partial charge in [-0.15, -0.1) is 0 Å². The van der Waals surface area contributed by atoms with Crippen LogP contribution in [0.4, 0.5) is 0 Å². The first-order chi connectivity index (χ1) is 12.5. The summed E-state index contributed by atoms with van der Waals surface area (Å²) in [6.07, 6.45) is 6.50. The predicted molar refractivity (Wildman–Crippen MR) is 99.0 cm³/mol. The highest BCUT2D eigenvalue weighted by molar-refractivity contribution is 5.92. The Kier molecular flexibility index (Phi) is 5.46. The number of aromatic nitrogens is 4. The average Bonchev–Trinajstić information content (AvgIpc) is 3.31. The minimum atomic E-state index is -0.171. The number of aliphatic hydroxyl groups excluding tert-OH is 1. The quantitative estimate of drug-likeness (QED) is 0.829. The van der Waals surface area contributed by atoms with Crippen LogP contribution in [0.3, 0.4) is 0 Å². The zero-order valence-electron chi connectivity index (χ0n) is 15.9. The van der Waals surface area contributed by atoms with E-state index in [1.54, 1.807) is 6.20 Å². The molecule has 2 aromatic heterocycles. The van der Waals surface area contributed by atoms with E-state index in [-0.39, 0.29) is 17.9 Å². The van der Waals surface area contributed by atoms with Crippen LogP contribution >= 0.6 is 0 Å². The van der Waals surface area contributed by atoms with Gasteiger partial charge in [-0.25, -0.2) is 4.98 Å². The lowest BCUT2D eigenvalue weighted by Gasteiger charge is -2.41. The number of aliphatic hydroxyl groups is 1. The average molecular weight is 359 g/mol. The van der Waals surface area contributed by atoms with Crippen LogP contribution in [0.2, 0.25) is 0 Å². The highest BCUT2D eigenvalue weighted by atomic mass is 16.3. The number of nitrogens with one attached hydrogen (secondary N) is 1. The summed E-state index contributed by atoms with van der Waals surface area (Å²) in [6.45, 7) is 8.35. The molecule has 0 unspecified atom stereocenters. The molecule has 3 heterocycles. The first-order valence-electron chi connectivity index (χ1n) is 9.43. The number of imidazole rings is 1. The molecular weight excluding hydrogens is 330 g/mol. The molecule has 7 heteroatoms. The van der Waals surface area contributed by atoms with Crippen LogP contribution in [0.25, 0.3) is 0 Å². The number of hydrogen-bond acceptors (Lipinski definition) is 4. The first kappa shape index (κ1) is 18.6. The normalized spacial score (nSPS) is 20.7. The molecule has 2 aromatic rings. The lowest BCUT2D eigenvalue weighted by molar-refractivity contribution is 0.0248. The minimum absolute atomic E-state index is 0.0619. The zero-order valence-corrected chi connectivity index (χ0v) is 15.9. The monoisotopic (exact) mass is 359 g/mol. The minimum Gasteiger partial charge on any atom is -0.396 e. The molecular formula is C19H29N5O2. The van der Waals surface area contributed by atoms with Crippen LogP contribution < -0.4 is 0 Å². The summed E-state index contributed by atoms with van der Waals surface area (Å²) in [6, 6.07) is 1.83. The Balaban J connectivity index is 1.71. The molecule has 26 heavy (non-hydrogen) atoms. The molecule has 1 atom stereocenters. The van der Waals surface area contributed by atoms with E-state index in [2.05, 4.69) is 40.5 Å². The van der Waals surface area contributed by atoms with E-state index in [0.29, 0.717) is 24.7 Å². The maximum Gasteiger partial charge on any atom is 0.274 e. The number of aromatic amines is 1. The van der Waals surface area contributed by atoms with Crippen molar-refractivity contribution >= 4 is 5.91 Å². The summed E-state index contributed by atoms with van der Waals surface area (Å²) in [5.41, 5.74) is 1.15. The summed E-state index contributed by atoms with van der Waals surface area (Å²) < 4.78 is 2.07. The van der Waals surface area contributed by atoms with Crippen LogP contribution in [-0.4, -0.2) is 55.4 Å². The van der Waals surface area contributed by atoms with Gasteiger partial charge >= 0.3 is 0 Å². The molecule has 1 aliphatic heterocycles. The van der Waals surface area contributed by atoms with Gasteiger partial charge in [0.2, 0.25) is 0 Å². The van der Waals surface area contributed by atoms with Gasteiger partial charge in [-0.2, -0.15) is 5.10 Å². The summed E-state index contributed by atoms with van der Waals surface area (Å²) in [4.78, 5) is 19.1. The Hall–Kier alpha value is -2.15. The van der Waals surface area contributed by atoms with Crippen LogP contribution in [0.1, 0.15) is 68.0 Å². The third kappa shape index (κ3) is 3.67. The molecule has 0 spiro atoms. The molecule has 7 nitrogen and oxygen atoms in total. The SMILES string of the molecule is CC[C@]1(CO)CCCN(C(=O)c2cc(Cn3ccnc3C(C)C)[nH]n2)C1. The fourth-order valence-electron chi connectivity index (χ4n) is 3.76. The lowest BCUT2D eigenvalue weighted by atomic mass is 9.78. The van der Waals surface area contributed by atoms with E-state index in [9.17, 15) is 9.90 Å². The number of amides is 1. The number of H-pyrrole nitrogens is 1. The second-order valence-electron chi connectivity index (χ2n) is 7.69. The van der Waals surface area contributed by atoms with Crippen molar-refractivity contribution in [2.24, 2.45) is 5.41 Å². The Bertz CT molecular complexity index is 745. The number of hydrogen-bond donors (Lipinski definition) is 2. The molecule has 0 radical (unpaired) electrons. The number of nitrogens with zero attached hydrogens (tertiary/aromatic N) is 4. The van der Waals surface area contributed by atoms with Gasteiger partial charge in [0.05, 0.1) is 18.8 Å². The highest BCUT2D eigenvalue weighted by Crippen LogP contribution is 2.33. The first-order valence-corrected chi connectivity index (χ1v) is 9.43. The van der Waals surface area contributed by atoms with Gasteiger partial charge < -0.3 is 14.6 Å². The molecule has 0 aliphatic carbocycles. The van der Waals surface area contributed by atoms with Crippen molar-refractivity contribution in [2.45, 2.75) is 52.5 Å². The Morgan fingerprint density at radius 1 is 1.46 bits per heavy atom. The van der Waals surface area contributed by atoms with E-state index in [4.69, 9.17) is 0 Å². The van der Waals surface area contributed by atoms with Crippen LogP contribution in [-0.2, 0) is 6.54 Å². The fourth-order valence-corrected chi connectivity index (χ4v) is 3.76. The number of carbonyl (C=O) groups excluding carboxylic acids is 1. The maximum atomic E-state index is 12.9.